The predicted molar refractivity (Wildman–Crippen MR) is 106 cm³/mol. The van der Waals surface area contributed by atoms with E-state index in [0.717, 1.165) is 16.8 Å². The summed E-state index contributed by atoms with van der Waals surface area (Å²) < 4.78 is 14.9. The quantitative estimate of drug-likeness (QED) is 0.568. The van der Waals surface area contributed by atoms with Gasteiger partial charge in [0.15, 0.2) is 5.69 Å². The van der Waals surface area contributed by atoms with Gasteiger partial charge in [0.1, 0.15) is 5.82 Å². The normalized spacial score (nSPS) is 10.6. The fourth-order valence-electron chi connectivity index (χ4n) is 2.89. The Labute approximate surface area is 161 Å². The number of nitrogens with zero attached hydrogens (tertiary/aromatic N) is 3. The lowest BCUT2D eigenvalue weighted by molar-refractivity contribution is 0.102. The minimum absolute atomic E-state index is 0.256. The van der Waals surface area contributed by atoms with Crippen molar-refractivity contribution < 1.29 is 9.18 Å². The summed E-state index contributed by atoms with van der Waals surface area (Å²) in [5.74, 6) is -0.656. The zero-order valence-corrected chi connectivity index (χ0v) is 15.1. The average Bonchev–Trinajstić information content (AvgIpc) is 3.16. The number of nitrogens with one attached hydrogen (secondary N) is 1. The molecule has 5 nitrogen and oxygen atoms in total. The van der Waals surface area contributed by atoms with Crippen molar-refractivity contribution in [3.05, 3.63) is 96.2 Å². The third kappa shape index (κ3) is 3.53. The number of aromatic nitrogens is 3. The zero-order chi connectivity index (χ0) is 19.5. The van der Waals surface area contributed by atoms with E-state index in [-0.39, 0.29) is 17.4 Å². The number of pyridine rings is 1. The molecule has 0 atom stereocenters. The topological polar surface area (TPSA) is 59.8 Å². The fourth-order valence-corrected chi connectivity index (χ4v) is 2.89. The molecular formula is C22H17FN4O. The van der Waals surface area contributed by atoms with E-state index in [1.807, 2.05) is 43.3 Å². The lowest BCUT2D eigenvalue weighted by atomic mass is 10.2. The van der Waals surface area contributed by atoms with Gasteiger partial charge in [-0.2, -0.15) is 5.10 Å². The number of hydrogen-bond donors (Lipinski definition) is 1. The van der Waals surface area contributed by atoms with Crippen LogP contribution in [0.1, 0.15) is 16.1 Å². The maximum atomic E-state index is 13.3. The van der Waals surface area contributed by atoms with Crippen molar-refractivity contribution in [2.75, 3.05) is 5.32 Å². The van der Waals surface area contributed by atoms with Gasteiger partial charge in [-0.05, 0) is 61.0 Å². The van der Waals surface area contributed by atoms with Crippen molar-refractivity contribution in [3.8, 4) is 16.9 Å². The number of carbonyl (C=O) groups is 1. The van der Waals surface area contributed by atoms with Gasteiger partial charge >= 0.3 is 0 Å². The molecule has 0 aliphatic heterocycles. The van der Waals surface area contributed by atoms with Crippen molar-refractivity contribution in [3.63, 3.8) is 0 Å². The van der Waals surface area contributed by atoms with Gasteiger partial charge in [-0.3, -0.25) is 9.78 Å². The summed E-state index contributed by atoms with van der Waals surface area (Å²) in [5.41, 5.74) is 4.08. The molecule has 2 heterocycles. The van der Waals surface area contributed by atoms with E-state index in [1.54, 1.807) is 35.3 Å². The molecule has 6 heteroatoms. The molecule has 4 aromatic rings. The van der Waals surface area contributed by atoms with E-state index in [0.29, 0.717) is 11.4 Å². The van der Waals surface area contributed by atoms with Crippen molar-refractivity contribution in [1.82, 2.24) is 14.8 Å². The number of anilines is 1. The fraction of sp³-hybridized carbons (Fsp3) is 0.0455. The monoisotopic (exact) mass is 372 g/mol. The second-order valence-corrected chi connectivity index (χ2v) is 6.31. The molecule has 0 radical (unpaired) electrons. The third-order valence-corrected chi connectivity index (χ3v) is 4.36. The number of halogens is 1. The molecule has 0 bridgehead atoms. The molecule has 0 aliphatic carbocycles. The average molecular weight is 372 g/mol. The molecule has 0 aliphatic rings. The van der Waals surface area contributed by atoms with Crippen LogP contribution < -0.4 is 5.32 Å². The summed E-state index contributed by atoms with van der Waals surface area (Å²) in [5, 5.41) is 7.36. The van der Waals surface area contributed by atoms with Gasteiger partial charge in [-0.1, -0.05) is 18.2 Å². The summed E-state index contributed by atoms with van der Waals surface area (Å²) in [6.07, 6.45) is 3.37. The molecule has 0 unspecified atom stereocenters. The Hall–Kier alpha value is -3.80. The highest BCUT2D eigenvalue weighted by molar-refractivity contribution is 6.04. The van der Waals surface area contributed by atoms with Crippen LogP contribution in [0.3, 0.4) is 0 Å². The summed E-state index contributed by atoms with van der Waals surface area (Å²) in [6, 6.07) is 18.9. The molecule has 1 amide bonds. The van der Waals surface area contributed by atoms with Gasteiger partial charge in [0.05, 0.1) is 11.4 Å². The maximum Gasteiger partial charge on any atom is 0.276 e. The summed E-state index contributed by atoms with van der Waals surface area (Å²) in [4.78, 5) is 16.9. The van der Waals surface area contributed by atoms with Crippen LogP contribution in [0.2, 0.25) is 0 Å². The minimum Gasteiger partial charge on any atom is -0.320 e. The van der Waals surface area contributed by atoms with Crippen molar-refractivity contribution >= 4 is 11.6 Å². The molecule has 0 fully saturated rings. The highest BCUT2D eigenvalue weighted by Gasteiger charge is 2.17. The van der Waals surface area contributed by atoms with E-state index in [1.165, 1.54) is 12.1 Å². The molecular weight excluding hydrogens is 355 g/mol. The largest absolute Gasteiger partial charge is 0.320 e. The minimum atomic E-state index is -0.337. The smallest absolute Gasteiger partial charge is 0.276 e. The van der Waals surface area contributed by atoms with Crippen molar-refractivity contribution in [2.45, 2.75) is 6.92 Å². The van der Waals surface area contributed by atoms with E-state index < -0.39 is 0 Å². The van der Waals surface area contributed by atoms with Crippen LogP contribution in [0, 0.1) is 12.7 Å². The molecule has 0 saturated heterocycles. The Balaban J connectivity index is 1.76. The van der Waals surface area contributed by atoms with Gasteiger partial charge < -0.3 is 5.32 Å². The van der Waals surface area contributed by atoms with Gasteiger partial charge in [0.2, 0.25) is 0 Å². The van der Waals surface area contributed by atoms with Crippen LogP contribution in [0.5, 0.6) is 0 Å². The predicted octanol–water partition coefficient (Wildman–Crippen LogP) is 4.63. The lowest BCUT2D eigenvalue weighted by Crippen LogP contribution is -2.14. The number of aryl methyl sites for hydroxylation is 1. The van der Waals surface area contributed by atoms with Gasteiger partial charge in [-0.25, -0.2) is 9.07 Å². The number of rotatable bonds is 4. The van der Waals surface area contributed by atoms with Gasteiger partial charge in [0, 0.05) is 23.6 Å². The first-order chi connectivity index (χ1) is 13.6. The SMILES string of the molecule is Cc1ccccc1NC(=O)c1cc(-c2cccnc2)n(-c2ccc(F)cc2)n1. The molecule has 1 N–H and O–H groups in total. The first kappa shape index (κ1) is 17.6. The van der Waals surface area contributed by atoms with Crippen molar-refractivity contribution in [2.24, 2.45) is 0 Å². The molecule has 0 spiro atoms. The summed E-state index contributed by atoms with van der Waals surface area (Å²) in [6.45, 7) is 1.92. The third-order valence-electron chi connectivity index (χ3n) is 4.36. The molecule has 4 rings (SSSR count). The lowest BCUT2D eigenvalue weighted by Gasteiger charge is -2.07. The van der Waals surface area contributed by atoms with Crippen LogP contribution in [0.4, 0.5) is 10.1 Å². The second-order valence-electron chi connectivity index (χ2n) is 6.31. The number of benzene rings is 2. The Bertz CT molecular complexity index is 1120. The van der Waals surface area contributed by atoms with Crippen LogP contribution in [0.15, 0.2) is 79.1 Å². The van der Waals surface area contributed by atoms with E-state index in [4.69, 9.17) is 0 Å². The van der Waals surface area contributed by atoms with Crippen LogP contribution in [-0.4, -0.2) is 20.7 Å². The van der Waals surface area contributed by atoms with Gasteiger partial charge in [0.25, 0.3) is 5.91 Å². The standard InChI is InChI=1S/C22H17FN4O/c1-15-5-2-3-7-19(15)25-22(28)20-13-21(16-6-4-12-24-14-16)27(26-20)18-10-8-17(23)9-11-18/h2-14H,1H3,(H,25,28). The van der Waals surface area contributed by atoms with E-state index in [2.05, 4.69) is 15.4 Å². The number of carbonyl (C=O) groups excluding carboxylic acids is 1. The Kier molecular flexibility index (Phi) is 4.68. The first-order valence-corrected chi connectivity index (χ1v) is 8.75. The van der Waals surface area contributed by atoms with E-state index >= 15 is 0 Å². The second kappa shape index (κ2) is 7.44. The van der Waals surface area contributed by atoms with Crippen molar-refractivity contribution in [1.29, 1.82) is 0 Å². The number of para-hydroxylation sites is 1. The molecule has 0 saturated carbocycles. The molecule has 2 aromatic heterocycles. The molecule has 2 aromatic carbocycles. The van der Waals surface area contributed by atoms with E-state index in [9.17, 15) is 9.18 Å². The molecule has 28 heavy (non-hydrogen) atoms. The summed E-state index contributed by atoms with van der Waals surface area (Å²) in [7, 11) is 0. The van der Waals surface area contributed by atoms with Gasteiger partial charge in [-0.15, -0.1) is 0 Å². The Morgan fingerprint density at radius 3 is 2.54 bits per heavy atom. The maximum absolute atomic E-state index is 13.3. The number of amides is 1. The number of hydrogen-bond acceptors (Lipinski definition) is 3. The Morgan fingerprint density at radius 2 is 1.82 bits per heavy atom. The highest BCUT2D eigenvalue weighted by Crippen LogP contribution is 2.24. The zero-order valence-electron chi connectivity index (χ0n) is 15.1. The molecule has 138 valence electrons. The summed E-state index contributed by atoms with van der Waals surface area (Å²) >= 11 is 0. The van der Waals surface area contributed by atoms with Crippen LogP contribution in [-0.2, 0) is 0 Å². The van der Waals surface area contributed by atoms with Crippen LogP contribution in [0.25, 0.3) is 16.9 Å². The first-order valence-electron chi connectivity index (χ1n) is 8.75. The highest BCUT2D eigenvalue weighted by atomic mass is 19.1. The Morgan fingerprint density at radius 1 is 1.04 bits per heavy atom. The van der Waals surface area contributed by atoms with Crippen LogP contribution >= 0.6 is 0 Å².